The molecule has 0 aliphatic carbocycles. The minimum atomic E-state index is -4.45. The fourth-order valence-electron chi connectivity index (χ4n) is 1.63. The zero-order chi connectivity index (χ0) is 15.6. The number of alkyl halides is 3. The minimum Gasteiger partial charge on any atom is -0.322 e. The maximum atomic E-state index is 13.5. The van der Waals surface area contributed by atoms with E-state index in [0.29, 0.717) is 4.90 Å². The van der Waals surface area contributed by atoms with Gasteiger partial charge in [0.05, 0.1) is 11.1 Å². The second-order valence-corrected chi connectivity index (χ2v) is 4.71. The van der Waals surface area contributed by atoms with Crippen LogP contribution in [-0.2, 0) is 6.18 Å². The molecule has 0 aromatic heterocycles. The summed E-state index contributed by atoms with van der Waals surface area (Å²) in [5.41, 5.74) is -0.927. The molecule has 0 radical (unpaired) electrons. The molecule has 2 rings (SSSR count). The Morgan fingerprint density at radius 2 is 1.67 bits per heavy atom. The molecule has 0 unspecified atom stereocenters. The van der Waals surface area contributed by atoms with Crippen molar-refractivity contribution in [1.29, 1.82) is 0 Å². The molecule has 0 bridgehead atoms. The van der Waals surface area contributed by atoms with Crippen LogP contribution in [0.15, 0.2) is 47.4 Å². The zero-order valence-electron chi connectivity index (χ0n) is 10.4. The van der Waals surface area contributed by atoms with E-state index in [1.54, 1.807) is 0 Å². The number of halogens is 4. The summed E-state index contributed by atoms with van der Waals surface area (Å²) < 4.78 is 50.7. The lowest BCUT2D eigenvalue weighted by Gasteiger charge is -2.09. The van der Waals surface area contributed by atoms with Crippen molar-refractivity contribution in [3.8, 4) is 0 Å². The van der Waals surface area contributed by atoms with Gasteiger partial charge in [0.1, 0.15) is 5.82 Å². The van der Waals surface area contributed by atoms with Gasteiger partial charge in [-0.2, -0.15) is 13.2 Å². The van der Waals surface area contributed by atoms with Crippen LogP contribution in [0.5, 0.6) is 0 Å². The normalized spacial score (nSPS) is 11.3. The Hall–Kier alpha value is -2.02. The number of benzene rings is 2. The third kappa shape index (κ3) is 3.75. The largest absolute Gasteiger partial charge is 0.416 e. The van der Waals surface area contributed by atoms with Crippen LogP contribution >= 0.6 is 12.6 Å². The molecule has 0 aliphatic heterocycles. The van der Waals surface area contributed by atoms with Crippen molar-refractivity contribution < 1.29 is 22.4 Å². The smallest absolute Gasteiger partial charge is 0.322 e. The molecule has 7 heteroatoms. The molecule has 0 saturated heterocycles. The number of nitrogens with one attached hydrogen (secondary N) is 1. The molecule has 1 N–H and O–H groups in total. The molecular weight excluding hydrogens is 306 g/mol. The molecule has 2 aromatic rings. The highest BCUT2D eigenvalue weighted by atomic mass is 32.1. The van der Waals surface area contributed by atoms with Crippen LogP contribution in [-0.4, -0.2) is 5.91 Å². The van der Waals surface area contributed by atoms with E-state index in [4.69, 9.17) is 0 Å². The second kappa shape index (κ2) is 5.77. The average molecular weight is 315 g/mol. The second-order valence-electron chi connectivity index (χ2n) is 4.19. The first-order valence-corrected chi connectivity index (χ1v) is 6.19. The summed E-state index contributed by atoms with van der Waals surface area (Å²) >= 11 is 4.00. The van der Waals surface area contributed by atoms with Gasteiger partial charge in [0.25, 0.3) is 5.91 Å². The number of anilines is 1. The van der Waals surface area contributed by atoms with E-state index in [1.165, 1.54) is 12.1 Å². The molecule has 21 heavy (non-hydrogen) atoms. The molecule has 1 amide bonds. The average Bonchev–Trinajstić information content (AvgIpc) is 2.41. The minimum absolute atomic E-state index is 0.136. The number of carbonyl (C=O) groups excluding carboxylic acids is 1. The topological polar surface area (TPSA) is 29.1 Å². The van der Waals surface area contributed by atoms with E-state index < -0.39 is 23.5 Å². The van der Waals surface area contributed by atoms with Crippen LogP contribution in [0.25, 0.3) is 0 Å². The van der Waals surface area contributed by atoms with Gasteiger partial charge in [-0.05, 0) is 42.5 Å². The summed E-state index contributed by atoms with van der Waals surface area (Å²) in [5, 5.41) is 2.32. The number of rotatable bonds is 2. The van der Waals surface area contributed by atoms with Gasteiger partial charge in [0, 0.05) is 10.6 Å². The number of hydrogen-bond acceptors (Lipinski definition) is 2. The fourth-order valence-corrected chi connectivity index (χ4v) is 1.83. The van der Waals surface area contributed by atoms with Gasteiger partial charge in [-0.25, -0.2) is 4.39 Å². The van der Waals surface area contributed by atoms with E-state index in [0.717, 1.165) is 30.3 Å². The highest BCUT2D eigenvalue weighted by Gasteiger charge is 2.30. The first kappa shape index (κ1) is 15.4. The lowest BCUT2D eigenvalue weighted by Crippen LogP contribution is -2.14. The van der Waals surface area contributed by atoms with Gasteiger partial charge in [-0.15, -0.1) is 12.6 Å². The Morgan fingerprint density at radius 3 is 2.24 bits per heavy atom. The highest BCUT2D eigenvalue weighted by Crippen LogP contribution is 2.29. The zero-order valence-corrected chi connectivity index (χ0v) is 11.3. The van der Waals surface area contributed by atoms with E-state index >= 15 is 0 Å². The van der Waals surface area contributed by atoms with E-state index in [9.17, 15) is 22.4 Å². The molecule has 110 valence electrons. The van der Waals surface area contributed by atoms with Crippen LogP contribution in [0.1, 0.15) is 15.9 Å². The Kier molecular flexibility index (Phi) is 4.22. The van der Waals surface area contributed by atoms with Crippen molar-refractivity contribution in [2.45, 2.75) is 11.1 Å². The van der Waals surface area contributed by atoms with Gasteiger partial charge in [0.2, 0.25) is 0 Å². The highest BCUT2D eigenvalue weighted by molar-refractivity contribution is 7.80. The lowest BCUT2D eigenvalue weighted by molar-refractivity contribution is -0.137. The van der Waals surface area contributed by atoms with Crippen molar-refractivity contribution in [1.82, 2.24) is 0 Å². The Balaban J connectivity index is 2.18. The van der Waals surface area contributed by atoms with Crippen molar-refractivity contribution >= 4 is 24.2 Å². The van der Waals surface area contributed by atoms with Crippen LogP contribution in [0.3, 0.4) is 0 Å². The van der Waals surface area contributed by atoms with Gasteiger partial charge >= 0.3 is 6.18 Å². The van der Waals surface area contributed by atoms with Crippen LogP contribution in [0.2, 0.25) is 0 Å². The fraction of sp³-hybridized carbons (Fsp3) is 0.0714. The van der Waals surface area contributed by atoms with Crippen molar-refractivity contribution in [3.63, 3.8) is 0 Å². The van der Waals surface area contributed by atoms with E-state index in [-0.39, 0.29) is 11.3 Å². The quantitative estimate of drug-likeness (QED) is 0.625. The van der Waals surface area contributed by atoms with E-state index in [2.05, 4.69) is 17.9 Å². The third-order valence-electron chi connectivity index (χ3n) is 2.66. The maximum Gasteiger partial charge on any atom is 0.416 e. The van der Waals surface area contributed by atoms with Crippen LogP contribution < -0.4 is 5.32 Å². The first-order valence-electron chi connectivity index (χ1n) is 5.74. The third-order valence-corrected chi connectivity index (χ3v) is 2.94. The maximum absolute atomic E-state index is 13.5. The van der Waals surface area contributed by atoms with Gasteiger partial charge in [0.15, 0.2) is 0 Å². The molecule has 0 fully saturated rings. The lowest BCUT2D eigenvalue weighted by atomic mass is 10.1. The predicted octanol–water partition coefficient (Wildman–Crippen LogP) is 4.39. The predicted molar refractivity (Wildman–Crippen MR) is 73.0 cm³/mol. The Bertz CT molecular complexity index is 668. The summed E-state index contributed by atoms with van der Waals surface area (Å²) in [6.07, 6.45) is -4.45. The molecule has 0 atom stereocenters. The van der Waals surface area contributed by atoms with Gasteiger partial charge < -0.3 is 5.32 Å². The molecule has 0 saturated carbocycles. The SMILES string of the molecule is O=C(Nc1ccc(C(F)(F)F)cc1)c1cc(S)ccc1F. The molecule has 2 nitrogen and oxygen atoms in total. The monoisotopic (exact) mass is 315 g/mol. The molecule has 0 aliphatic rings. The summed E-state index contributed by atoms with van der Waals surface area (Å²) in [5.74, 6) is -1.50. The van der Waals surface area contributed by atoms with Gasteiger partial charge in [-0.3, -0.25) is 4.79 Å². The molecule has 0 heterocycles. The summed E-state index contributed by atoms with van der Waals surface area (Å²) in [6.45, 7) is 0. The molecule has 0 spiro atoms. The number of thiol groups is 1. The Labute approximate surface area is 123 Å². The number of amides is 1. The van der Waals surface area contributed by atoms with Gasteiger partial charge in [-0.1, -0.05) is 0 Å². The number of hydrogen-bond donors (Lipinski definition) is 2. The summed E-state index contributed by atoms with van der Waals surface area (Å²) in [4.78, 5) is 12.3. The number of carbonyl (C=O) groups is 1. The first-order chi connectivity index (χ1) is 9.77. The molecular formula is C14H9F4NOS. The van der Waals surface area contributed by atoms with Crippen molar-refractivity contribution in [3.05, 3.63) is 59.4 Å². The Morgan fingerprint density at radius 1 is 1.05 bits per heavy atom. The van der Waals surface area contributed by atoms with Crippen molar-refractivity contribution in [2.24, 2.45) is 0 Å². The van der Waals surface area contributed by atoms with Crippen LogP contribution in [0, 0.1) is 5.82 Å². The molecule has 2 aromatic carbocycles. The standard InChI is InChI=1S/C14H9F4NOS/c15-12-6-5-10(21)7-11(12)13(20)19-9-3-1-8(2-4-9)14(16,17)18/h1-7,21H,(H,19,20). The van der Waals surface area contributed by atoms with Crippen molar-refractivity contribution in [2.75, 3.05) is 5.32 Å². The van der Waals surface area contributed by atoms with E-state index in [1.807, 2.05) is 0 Å². The summed E-state index contributed by atoms with van der Waals surface area (Å²) in [7, 11) is 0. The summed E-state index contributed by atoms with van der Waals surface area (Å²) in [6, 6.07) is 7.57. The van der Waals surface area contributed by atoms with Crippen LogP contribution in [0.4, 0.5) is 23.2 Å².